The van der Waals surface area contributed by atoms with Crippen LogP contribution in [0.5, 0.6) is 0 Å². The number of urea groups is 1. The van der Waals surface area contributed by atoms with E-state index in [1.54, 1.807) is 26.0 Å². The molecule has 1 aromatic carbocycles. The molecule has 0 saturated carbocycles. The molecule has 0 aliphatic carbocycles. The number of nitrogen functional groups attached to an aromatic ring is 1. The minimum atomic E-state index is -4.42. The van der Waals surface area contributed by atoms with Gasteiger partial charge >= 0.3 is 12.2 Å². The number of rotatable bonds is 4. The number of anilines is 2. The number of halogens is 4. The second-order valence-corrected chi connectivity index (χ2v) is 7.62. The summed E-state index contributed by atoms with van der Waals surface area (Å²) in [6, 6.07) is 6.33. The third-order valence-electron chi connectivity index (χ3n) is 4.73. The maximum atomic E-state index is 13.0. The van der Waals surface area contributed by atoms with Crippen molar-refractivity contribution in [1.29, 1.82) is 0 Å². The van der Waals surface area contributed by atoms with Gasteiger partial charge in [0.05, 0.1) is 12.1 Å². The van der Waals surface area contributed by atoms with E-state index >= 15 is 0 Å². The Kier molecular flexibility index (Phi) is 5.20. The molecule has 1 aromatic heterocycles. The number of nitrogens with zero attached hydrogens (tertiary/aromatic N) is 3. The molecule has 2 aromatic rings. The molecule has 2 N–H and O–H groups in total. The van der Waals surface area contributed by atoms with E-state index in [-0.39, 0.29) is 28.6 Å². The fourth-order valence-electron chi connectivity index (χ4n) is 3.15. The Hall–Kier alpha value is -2.81. The van der Waals surface area contributed by atoms with Gasteiger partial charge in [0.25, 0.3) is 5.91 Å². The highest BCUT2D eigenvalue weighted by molar-refractivity contribution is 6.29. The van der Waals surface area contributed by atoms with Crippen LogP contribution in [0.15, 0.2) is 36.5 Å². The molecule has 1 saturated heterocycles. The number of carbonyl (C=O) groups excluding carboxylic acids is 2. The summed E-state index contributed by atoms with van der Waals surface area (Å²) < 4.78 is 37.9. The van der Waals surface area contributed by atoms with Gasteiger partial charge in [-0.25, -0.2) is 14.7 Å². The molecule has 0 spiro atoms. The van der Waals surface area contributed by atoms with Crippen molar-refractivity contribution < 1.29 is 22.8 Å². The highest BCUT2D eigenvalue weighted by Crippen LogP contribution is 2.35. The lowest BCUT2D eigenvalue weighted by Gasteiger charge is -2.27. The first-order valence-electron chi connectivity index (χ1n) is 8.62. The number of hydrogen-bond donors (Lipinski definition) is 1. The summed E-state index contributed by atoms with van der Waals surface area (Å²) in [5, 5.41) is 0.253. The Bertz CT molecular complexity index is 978. The number of hydrogen-bond acceptors (Lipinski definition) is 4. The number of alkyl halides is 3. The normalized spacial score (nSPS) is 16.6. The van der Waals surface area contributed by atoms with Gasteiger partial charge in [0.15, 0.2) is 0 Å². The van der Waals surface area contributed by atoms with Gasteiger partial charge in [-0.05, 0) is 49.2 Å². The van der Waals surface area contributed by atoms with Crippen LogP contribution >= 0.6 is 11.6 Å². The van der Waals surface area contributed by atoms with E-state index in [1.807, 2.05) is 0 Å². The second-order valence-electron chi connectivity index (χ2n) is 7.23. The zero-order valence-corrected chi connectivity index (χ0v) is 16.4. The van der Waals surface area contributed by atoms with Crippen LogP contribution in [0.4, 0.5) is 29.3 Å². The van der Waals surface area contributed by atoms with Crippen LogP contribution in [0.1, 0.15) is 25.0 Å². The minimum Gasteiger partial charge on any atom is -0.398 e. The molecule has 0 atom stereocenters. The number of aromatic nitrogens is 1. The predicted molar refractivity (Wildman–Crippen MR) is 102 cm³/mol. The molecule has 0 bridgehead atoms. The first-order valence-corrected chi connectivity index (χ1v) is 8.99. The van der Waals surface area contributed by atoms with Crippen molar-refractivity contribution in [1.82, 2.24) is 9.88 Å². The molecule has 0 unspecified atom stereocenters. The summed E-state index contributed by atoms with van der Waals surface area (Å²) in [4.78, 5) is 32.1. The lowest BCUT2D eigenvalue weighted by atomic mass is 10.0. The Balaban J connectivity index is 1.91. The van der Waals surface area contributed by atoms with E-state index in [4.69, 9.17) is 17.3 Å². The van der Waals surface area contributed by atoms with Gasteiger partial charge in [-0.15, -0.1) is 0 Å². The fourth-order valence-corrected chi connectivity index (χ4v) is 3.35. The van der Waals surface area contributed by atoms with Crippen LogP contribution in [0.25, 0.3) is 0 Å². The summed E-state index contributed by atoms with van der Waals surface area (Å²) in [7, 11) is 0. The molecule has 3 amide bonds. The van der Waals surface area contributed by atoms with E-state index in [2.05, 4.69) is 4.98 Å². The molecule has 1 aliphatic rings. The summed E-state index contributed by atoms with van der Waals surface area (Å²) in [5.41, 5.74) is 5.11. The van der Waals surface area contributed by atoms with Gasteiger partial charge in [-0.3, -0.25) is 4.79 Å². The first-order chi connectivity index (χ1) is 13.4. The van der Waals surface area contributed by atoms with Gasteiger partial charge in [0, 0.05) is 18.4 Å². The fraction of sp³-hybridized carbons (Fsp3) is 0.316. The van der Waals surface area contributed by atoms with Crippen molar-refractivity contribution in [3.63, 3.8) is 0 Å². The molecule has 6 nitrogen and oxygen atoms in total. The molecular weight excluding hydrogens is 409 g/mol. The van der Waals surface area contributed by atoms with E-state index in [0.717, 1.165) is 4.90 Å². The van der Waals surface area contributed by atoms with Gasteiger partial charge in [-0.2, -0.15) is 13.2 Å². The molecule has 2 heterocycles. The zero-order valence-electron chi connectivity index (χ0n) is 15.6. The van der Waals surface area contributed by atoms with Crippen LogP contribution < -0.4 is 10.6 Å². The van der Waals surface area contributed by atoms with Gasteiger partial charge in [0.1, 0.15) is 10.7 Å². The van der Waals surface area contributed by atoms with Gasteiger partial charge < -0.3 is 10.6 Å². The number of nitrogens with two attached hydrogens (primary N) is 1. The molecule has 1 aliphatic heterocycles. The molecular formula is C19H18ClF3N4O2. The highest BCUT2D eigenvalue weighted by atomic mass is 35.5. The number of carbonyl (C=O) groups is 2. The van der Waals surface area contributed by atoms with Crippen LogP contribution in [0.3, 0.4) is 0 Å². The van der Waals surface area contributed by atoms with Crippen LogP contribution in [0.2, 0.25) is 5.15 Å². The maximum Gasteiger partial charge on any atom is 0.393 e. The van der Waals surface area contributed by atoms with Crippen molar-refractivity contribution >= 4 is 34.9 Å². The summed E-state index contributed by atoms with van der Waals surface area (Å²) >= 11 is 5.88. The average molecular weight is 427 g/mol. The highest BCUT2D eigenvalue weighted by Gasteiger charge is 2.51. The smallest absolute Gasteiger partial charge is 0.393 e. The predicted octanol–water partition coefficient (Wildman–Crippen LogP) is 4.17. The largest absolute Gasteiger partial charge is 0.398 e. The third kappa shape index (κ3) is 4.14. The SMILES string of the molecule is CC1(C)C(=O)N(c2ccc(CC(F)(F)F)c(N)c2)C(=O)N1Cc1ccnc(Cl)c1. The van der Waals surface area contributed by atoms with Crippen LogP contribution in [0, 0.1) is 0 Å². The molecule has 1 fully saturated rings. The molecule has 29 heavy (non-hydrogen) atoms. The Morgan fingerprint density at radius 2 is 1.86 bits per heavy atom. The summed E-state index contributed by atoms with van der Waals surface area (Å²) in [6.45, 7) is 3.30. The number of amides is 3. The van der Waals surface area contributed by atoms with E-state index < -0.39 is 30.1 Å². The zero-order chi connectivity index (χ0) is 21.6. The number of pyridine rings is 1. The van der Waals surface area contributed by atoms with E-state index in [1.165, 1.54) is 29.3 Å². The van der Waals surface area contributed by atoms with Crippen LogP contribution in [-0.4, -0.2) is 33.5 Å². The first kappa shape index (κ1) is 20.9. The minimum absolute atomic E-state index is 0.109. The van der Waals surface area contributed by atoms with E-state index in [0.29, 0.717) is 5.56 Å². The standard InChI is InChI=1S/C19H18ClF3N4O2/c1-18(2)16(28)27(13-4-3-12(14(24)8-13)9-19(21,22)23)17(29)26(18)10-11-5-6-25-15(20)7-11/h3-8H,9-10,24H2,1-2H3. The topological polar surface area (TPSA) is 79.5 Å². The Morgan fingerprint density at radius 3 is 2.45 bits per heavy atom. The van der Waals surface area contributed by atoms with Crippen molar-refractivity contribution in [3.05, 3.63) is 52.8 Å². The molecule has 10 heteroatoms. The third-order valence-corrected chi connectivity index (χ3v) is 4.94. The number of imide groups is 1. The summed E-state index contributed by atoms with van der Waals surface area (Å²) in [5.74, 6) is -0.509. The van der Waals surface area contributed by atoms with Crippen molar-refractivity contribution in [3.8, 4) is 0 Å². The van der Waals surface area contributed by atoms with Crippen molar-refractivity contribution in [2.24, 2.45) is 0 Å². The molecule has 3 rings (SSSR count). The lowest BCUT2D eigenvalue weighted by Crippen LogP contribution is -2.43. The van der Waals surface area contributed by atoms with Crippen molar-refractivity contribution in [2.45, 2.75) is 38.5 Å². The van der Waals surface area contributed by atoms with E-state index in [9.17, 15) is 22.8 Å². The second kappa shape index (κ2) is 7.22. The quantitative estimate of drug-likeness (QED) is 0.452. The Morgan fingerprint density at radius 1 is 1.17 bits per heavy atom. The number of benzene rings is 1. The molecule has 154 valence electrons. The average Bonchev–Trinajstić information content (AvgIpc) is 2.76. The lowest BCUT2D eigenvalue weighted by molar-refractivity contribution is -0.127. The van der Waals surface area contributed by atoms with Crippen LogP contribution in [-0.2, 0) is 17.8 Å². The van der Waals surface area contributed by atoms with Crippen molar-refractivity contribution in [2.75, 3.05) is 10.6 Å². The monoisotopic (exact) mass is 426 g/mol. The molecule has 0 radical (unpaired) electrons. The maximum absolute atomic E-state index is 13.0. The Labute approximate surface area is 170 Å². The summed E-state index contributed by atoms with van der Waals surface area (Å²) in [6.07, 6.45) is -4.12. The van der Waals surface area contributed by atoms with Gasteiger partial charge in [0.2, 0.25) is 0 Å². The van der Waals surface area contributed by atoms with Gasteiger partial charge in [-0.1, -0.05) is 17.7 Å².